The van der Waals surface area contributed by atoms with E-state index < -0.39 is 10.0 Å². The van der Waals surface area contributed by atoms with Gasteiger partial charge < -0.3 is 4.90 Å². The zero-order chi connectivity index (χ0) is 22.6. The van der Waals surface area contributed by atoms with Crippen LogP contribution in [-0.4, -0.2) is 32.4 Å². The van der Waals surface area contributed by atoms with Gasteiger partial charge in [0.15, 0.2) is 0 Å². The monoisotopic (exact) mass is 452 g/mol. The molecule has 32 heavy (non-hydrogen) atoms. The van der Waals surface area contributed by atoms with Gasteiger partial charge in [-0.25, -0.2) is 17.5 Å². The van der Waals surface area contributed by atoms with Gasteiger partial charge in [-0.2, -0.15) is 0 Å². The molecule has 0 saturated carbocycles. The lowest BCUT2D eigenvalue weighted by Gasteiger charge is -2.20. The second-order valence-corrected chi connectivity index (χ2v) is 10.2. The molecule has 1 atom stereocenters. The lowest BCUT2D eigenvalue weighted by Crippen LogP contribution is -2.28. The molecule has 168 valence electrons. The lowest BCUT2D eigenvalue weighted by atomic mass is 10.0. The minimum Gasteiger partial charge on any atom is -0.300 e. The highest BCUT2D eigenvalue weighted by Crippen LogP contribution is 2.23. The number of rotatable bonds is 8. The Morgan fingerprint density at radius 2 is 1.50 bits per heavy atom. The van der Waals surface area contributed by atoms with Gasteiger partial charge in [0, 0.05) is 19.1 Å². The molecule has 1 heterocycles. The molecule has 3 aromatic rings. The fraction of sp³-hybridized carbons (Fsp3) is 0.308. The Balaban J connectivity index is 1.36. The smallest absolute Gasteiger partial charge is 0.240 e. The van der Waals surface area contributed by atoms with Crippen molar-refractivity contribution >= 4 is 10.0 Å². The molecule has 6 heteroatoms. The van der Waals surface area contributed by atoms with Crippen molar-refractivity contribution in [1.29, 1.82) is 0 Å². The fourth-order valence-corrected chi connectivity index (χ4v) is 5.17. The van der Waals surface area contributed by atoms with Crippen molar-refractivity contribution in [3.8, 4) is 11.1 Å². The molecule has 0 aromatic heterocycles. The van der Waals surface area contributed by atoms with E-state index in [-0.39, 0.29) is 17.3 Å². The van der Waals surface area contributed by atoms with E-state index >= 15 is 0 Å². The summed E-state index contributed by atoms with van der Waals surface area (Å²) in [5.41, 5.74) is 4.05. The van der Waals surface area contributed by atoms with Gasteiger partial charge in [0.25, 0.3) is 0 Å². The molecule has 4 rings (SSSR count). The molecule has 0 bridgehead atoms. The van der Waals surface area contributed by atoms with Crippen molar-refractivity contribution in [3.05, 3.63) is 89.7 Å². The van der Waals surface area contributed by atoms with Crippen LogP contribution in [0.1, 0.15) is 30.9 Å². The predicted molar refractivity (Wildman–Crippen MR) is 126 cm³/mol. The molecule has 1 fully saturated rings. The summed E-state index contributed by atoms with van der Waals surface area (Å²) in [6.07, 6.45) is 3.64. The first-order valence-corrected chi connectivity index (χ1v) is 12.6. The van der Waals surface area contributed by atoms with Gasteiger partial charge in [-0.15, -0.1) is 0 Å². The van der Waals surface area contributed by atoms with Crippen molar-refractivity contribution in [2.45, 2.75) is 43.7 Å². The van der Waals surface area contributed by atoms with Crippen molar-refractivity contribution in [1.82, 2.24) is 9.62 Å². The number of sulfonamides is 1. The van der Waals surface area contributed by atoms with Gasteiger partial charge >= 0.3 is 0 Å². The third-order valence-corrected chi connectivity index (χ3v) is 7.63. The predicted octanol–water partition coefficient (Wildman–Crippen LogP) is 5.00. The molecule has 0 amide bonds. The third kappa shape index (κ3) is 5.63. The van der Waals surface area contributed by atoms with Crippen LogP contribution in [-0.2, 0) is 23.0 Å². The maximum atomic E-state index is 13.0. The van der Waals surface area contributed by atoms with Crippen LogP contribution in [0.25, 0.3) is 11.1 Å². The average molecular weight is 453 g/mol. The number of hydrogen-bond donors (Lipinski definition) is 1. The van der Waals surface area contributed by atoms with Gasteiger partial charge in [-0.05, 0) is 79.3 Å². The van der Waals surface area contributed by atoms with E-state index in [2.05, 4.69) is 40.8 Å². The normalized spacial score (nSPS) is 17.0. The number of benzene rings is 3. The number of likely N-dealkylation sites (tertiary alicyclic amines) is 1. The van der Waals surface area contributed by atoms with E-state index in [1.165, 1.54) is 37.1 Å². The summed E-state index contributed by atoms with van der Waals surface area (Å²) < 4.78 is 40.7. The molecule has 1 saturated heterocycles. The Morgan fingerprint density at radius 3 is 2.09 bits per heavy atom. The molecule has 4 nitrogen and oxygen atoms in total. The first kappa shape index (κ1) is 22.6. The molecule has 0 aliphatic carbocycles. The minimum atomic E-state index is -3.64. The van der Waals surface area contributed by atoms with Crippen LogP contribution in [0.3, 0.4) is 0 Å². The summed E-state index contributed by atoms with van der Waals surface area (Å²) in [4.78, 5) is 2.76. The largest absolute Gasteiger partial charge is 0.300 e. The Hall–Kier alpha value is -2.54. The quantitative estimate of drug-likeness (QED) is 0.523. The van der Waals surface area contributed by atoms with Crippen molar-refractivity contribution in [2.24, 2.45) is 0 Å². The van der Waals surface area contributed by atoms with Crippen molar-refractivity contribution < 1.29 is 12.8 Å². The van der Waals surface area contributed by atoms with E-state index in [0.29, 0.717) is 11.6 Å². The Bertz CT molecular complexity index is 1130. The van der Waals surface area contributed by atoms with Gasteiger partial charge in [-0.3, -0.25) is 0 Å². The Kier molecular flexibility index (Phi) is 7.04. The van der Waals surface area contributed by atoms with Crippen LogP contribution < -0.4 is 4.72 Å². The van der Waals surface area contributed by atoms with Crippen LogP contribution in [0, 0.1) is 5.82 Å². The SMILES string of the molecule is CC1CCCN1CCc1ccc(-c2ccc(S(=O)(=O)NCc3ccc(F)cc3)cc2)cc1. The minimum absolute atomic E-state index is 0.113. The summed E-state index contributed by atoms with van der Waals surface area (Å²) >= 11 is 0. The molecule has 0 radical (unpaired) electrons. The van der Waals surface area contributed by atoms with Crippen LogP contribution in [0.5, 0.6) is 0 Å². The van der Waals surface area contributed by atoms with E-state index in [1.807, 2.05) is 12.1 Å². The molecular formula is C26H29FN2O2S. The van der Waals surface area contributed by atoms with Gasteiger partial charge in [0.1, 0.15) is 5.82 Å². The fourth-order valence-electron chi connectivity index (χ4n) is 4.15. The first-order valence-electron chi connectivity index (χ1n) is 11.1. The van der Waals surface area contributed by atoms with Crippen LogP contribution in [0.15, 0.2) is 77.7 Å². The van der Waals surface area contributed by atoms with Gasteiger partial charge in [0.05, 0.1) is 4.90 Å². The highest BCUT2D eigenvalue weighted by Gasteiger charge is 2.19. The van der Waals surface area contributed by atoms with Gasteiger partial charge in [-0.1, -0.05) is 48.5 Å². The summed E-state index contributed by atoms with van der Waals surface area (Å²) in [7, 11) is -3.64. The molecule has 1 unspecified atom stereocenters. The van der Waals surface area contributed by atoms with E-state index in [9.17, 15) is 12.8 Å². The zero-order valence-corrected chi connectivity index (χ0v) is 19.1. The molecule has 3 aromatic carbocycles. The van der Waals surface area contributed by atoms with Crippen LogP contribution >= 0.6 is 0 Å². The highest BCUT2D eigenvalue weighted by atomic mass is 32.2. The summed E-state index contributed by atoms with van der Waals surface area (Å²) in [6.45, 7) is 4.71. The van der Waals surface area contributed by atoms with Crippen molar-refractivity contribution in [2.75, 3.05) is 13.1 Å². The molecular weight excluding hydrogens is 423 g/mol. The molecule has 1 N–H and O–H groups in total. The Labute approximate surface area is 190 Å². The third-order valence-electron chi connectivity index (χ3n) is 6.21. The number of nitrogens with zero attached hydrogens (tertiary/aromatic N) is 1. The lowest BCUT2D eigenvalue weighted by molar-refractivity contribution is 0.272. The van der Waals surface area contributed by atoms with Crippen LogP contribution in [0.2, 0.25) is 0 Å². The molecule has 1 aliphatic rings. The second kappa shape index (κ2) is 9.94. The van der Waals surface area contributed by atoms with E-state index in [4.69, 9.17) is 0 Å². The second-order valence-electron chi connectivity index (χ2n) is 8.45. The van der Waals surface area contributed by atoms with Gasteiger partial charge in [0.2, 0.25) is 10.0 Å². The number of nitrogens with one attached hydrogen (secondary N) is 1. The number of halogens is 1. The highest BCUT2D eigenvalue weighted by molar-refractivity contribution is 7.89. The summed E-state index contributed by atoms with van der Waals surface area (Å²) in [5, 5.41) is 0. The maximum Gasteiger partial charge on any atom is 0.240 e. The first-order chi connectivity index (χ1) is 15.4. The van der Waals surface area contributed by atoms with Crippen molar-refractivity contribution in [3.63, 3.8) is 0 Å². The topological polar surface area (TPSA) is 49.4 Å². The standard InChI is InChI=1S/C26H29FN2O2S/c1-20-3-2-17-29(20)18-16-21-4-8-23(9-5-21)24-10-14-26(15-11-24)32(30,31)28-19-22-6-12-25(27)13-7-22/h4-15,20,28H,2-3,16-19H2,1H3. The molecule has 1 aliphatic heterocycles. The van der Waals surface area contributed by atoms with E-state index in [0.717, 1.165) is 24.1 Å². The molecule has 0 spiro atoms. The van der Waals surface area contributed by atoms with E-state index in [1.54, 1.807) is 24.3 Å². The Morgan fingerprint density at radius 1 is 0.906 bits per heavy atom. The maximum absolute atomic E-state index is 13.0. The summed E-state index contributed by atoms with van der Waals surface area (Å²) in [6, 6.07) is 21.8. The van der Waals surface area contributed by atoms with Crippen LogP contribution in [0.4, 0.5) is 4.39 Å². The zero-order valence-electron chi connectivity index (χ0n) is 18.3. The average Bonchev–Trinajstić information content (AvgIpc) is 3.22. The summed E-state index contributed by atoms with van der Waals surface area (Å²) in [5.74, 6) is -0.346. The number of hydrogen-bond acceptors (Lipinski definition) is 3.